The maximum absolute atomic E-state index is 12.9. The number of benzene rings is 2. The molecule has 8 heteroatoms. The molecule has 0 spiro atoms. The molecule has 0 saturated carbocycles. The van der Waals surface area contributed by atoms with Crippen LogP contribution in [0.25, 0.3) is 11.0 Å². The zero-order valence-electron chi connectivity index (χ0n) is 16.5. The quantitative estimate of drug-likeness (QED) is 0.687. The largest absolute Gasteiger partial charge is 0.451 e. The first-order valence-electron chi connectivity index (χ1n) is 9.82. The fourth-order valence-electron chi connectivity index (χ4n) is 3.68. The number of hydrogen-bond donors (Lipinski definition) is 1. The third-order valence-electron chi connectivity index (χ3n) is 5.32. The van der Waals surface area contributed by atoms with Crippen molar-refractivity contribution < 1.29 is 17.6 Å². The number of carbonyl (C=O) groups excluding carboxylic acids is 1. The Morgan fingerprint density at radius 2 is 1.83 bits per heavy atom. The Morgan fingerprint density at radius 1 is 1.10 bits per heavy atom. The Kier molecular flexibility index (Phi) is 5.44. The Labute approximate surface area is 174 Å². The maximum Gasteiger partial charge on any atom is 0.291 e. The number of anilines is 1. The summed E-state index contributed by atoms with van der Waals surface area (Å²) in [6.07, 6.45) is 2.74. The lowest BCUT2D eigenvalue weighted by molar-refractivity contribution is 0.0997. The number of fused-ring (bicyclic) bond motifs is 1. The fraction of sp³-hybridized carbons (Fsp3) is 0.273. The zero-order chi connectivity index (χ0) is 21.3. The van der Waals surface area contributed by atoms with E-state index in [-0.39, 0.29) is 22.1 Å². The Hall–Kier alpha value is -2.97. The first-order chi connectivity index (χ1) is 14.4. The van der Waals surface area contributed by atoms with Gasteiger partial charge in [-0.05, 0) is 56.2 Å². The molecule has 2 aromatic carbocycles. The number of amides is 1. The molecule has 30 heavy (non-hydrogen) atoms. The van der Waals surface area contributed by atoms with Crippen LogP contribution >= 0.6 is 0 Å². The van der Waals surface area contributed by atoms with Crippen molar-refractivity contribution in [3.8, 4) is 0 Å². The van der Waals surface area contributed by atoms with E-state index in [0.717, 1.165) is 25.3 Å². The van der Waals surface area contributed by atoms with Crippen LogP contribution in [-0.2, 0) is 10.0 Å². The van der Waals surface area contributed by atoms with Gasteiger partial charge in [-0.2, -0.15) is 4.31 Å². The number of piperidine rings is 1. The second-order valence-electron chi connectivity index (χ2n) is 7.41. The van der Waals surface area contributed by atoms with Gasteiger partial charge in [-0.3, -0.25) is 9.59 Å². The van der Waals surface area contributed by atoms with Gasteiger partial charge in [0.05, 0.1) is 10.3 Å². The third-order valence-corrected chi connectivity index (χ3v) is 7.35. The van der Waals surface area contributed by atoms with Crippen LogP contribution in [0, 0.1) is 0 Å². The number of hydrogen-bond acceptors (Lipinski definition) is 5. The van der Waals surface area contributed by atoms with Crippen molar-refractivity contribution in [1.82, 2.24) is 4.31 Å². The molecule has 1 unspecified atom stereocenters. The second kappa shape index (κ2) is 8.04. The smallest absolute Gasteiger partial charge is 0.291 e. The lowest BCUT2D eigenvalue weighted by Gasteiger charge is -2.32. The predicted octanol–water partition coefficient (Wildman–Crippen LogP) is 3.61. The van der Waals surface area contributed by atoms with Crippen LogP contribution in [0.2, 0.25) is 0 Å². The molecule has 1 N–H and O–H groups in total. The van der Waals surface area contributed by atoms with Gasteiger partial charge in [-0.15, -0.1) is 0 Å². The summed E-state index contributed by atoms with van der Waals surface area (Å²) in [6.45, 7) is 2.44. The lowest BCUT2D eigenvalue weighted by atomic mass is 10.1. The number of nitrogens with zero attached hydrogens (tertiary/aromatic N) is 1. The molecule has 7 nitrogen and oxygen atoms in total. The van der Waals surface area contributed by atoms with E-state index in [2.05, 4.69) is 5.32 Å². The standard InChI is InChI=1S/C22H22N2O5S/c1-15-6-4-5-13-24(15)30(27,28)17-11-9-16(10-12-17)23-22(26)21-14-19(25)18-7-2-3-8-20(18)29-21/h2-3,7-12,14-15H,4-6,13H2,1H3,(H,23,26). The highest BCUT2D eigenvalue weighted by Crippen LogP contribution is 2.26. The minimum atomic E-state index is -3.58. The van der Waals surface area contributed by atoms with Crippen LogP contribution in [0.4, 0.5) is 5.69 Å². The van der Waals surface area contributed by atoms with Crippen molar-refractivity contribution in [2.75, 3.05) is 11.9 Å². The highest BCUT2D eigenvalue weighted by atomic mass is 32.2. The highest BCUT2D eigenvalue weighted by Gasteiger charge is 2.30. The molecule has 1 amide bonds. The number of nitrogens with one attached hydrogen (secondary N) is 1. The van der Waals surface area contributed by atoms with Gasteiger partial charge < -0.3 is 9.73 Å². The van der Waals surface area contributed by atoms with Gasteiger partial charge in [-0.1, -0.05) is 18.6 Å². The summed E-state index contributed by atoms with van der Waals surface area (Å²) in [4.78, 5) is 24.9. The van der Waals surface area contributed by atoms with Crippen molar-refractivity contribution in [3.63, 3.8) is 0 Å². The van der Waals surface area contributed by atoms with Crippen LogP contribution < -0.4 is 10.7 Å². The zero-order valence-corrected chi connectivity index (χ0v) is 17.3. The van der Waals surface area contributed by atoms with Gasteiger partial charge in [0.1, 0.15) is 5.58 Å². The summed E-state index contributed by atoms with van der Waals surface area (Å²) in [6, 6.07) is 13.8. The molecule has 1 aliphatic rings. The summed E-state index contributed by atoms with van der Waals surface area (Å²) in [7, 11) is -3.58. The fourth-order valence-corrected chi connectivity index (χ4v) is 5.38. The molecular weight excluding hydrogens is 404 g/mol. The van der Waals surface area contributed by atoms with Crippen LogP contribution in [0.5, 0.6) is 0 Å². The number of carbonyl (C=O) groups is 1. The van der Waals surface area contributed by atoms with E-state index in [9.17, 15) is 18.0 Å². The SMILES string of the molecule is CC1CCCCN1S(=O)(=O)c1ccc(NC(=O)c2cc(=O)c3ccccc3o2)cc1. The molecule has 0 bridgehead atoms. The highest BCUT2D eigenvalue weighted by molar-refractivity contribution is 7.89. The maximum atomic E-state index is 12.9. The molecule has 156 valence electrons. The average Bonchev–Trinajstić information content (AvgIpc) is 2.74. The third kappa shape index (κ3) is 3.88. The minimum Gasteiger partial charge on any atom is -0.451 e. The molecule has 3 aromatic rings. The Balaban J connectivity index is 1.54. The van der Waals surface area contributed by atoms with E-state index in [4.69, 9.17) is 4.42 Å². The van der Waals surface area contributed by atoms with Crippen LogP contribution in [0.3, 0.4) is 0 Å². The van der Waals surface area contributed by atoms with Crippen molar-refractivity contribution in [2.45, 2.75) is 37.1 Å². The minimum absolute atomic E-state index is 0.0288. The molecule has 2 heterocycles. The molecule has 4 rings (SSSR count). The van der Waals surface area contributed by atoms with Crippen LogP contribution in [-0.4, -0.2) is 31.2 Å². The first-order valence-corrected chi connectivity index (χ1v) is 11.3. The van der Waals surface area contributed by atoms with Gasteiger partial charge >= 0.3 is 0 Å². The predicted molar refractivity (Wildman–Crippen MR) is 114 cm³/mol. The van der Waals surface area contributed by atoms with E-state index in [0.29, 0.717) is 23.2 Å². The number of para-hydroxylation sites is 1. The first kappa shape index (κ1) is 20.3. The van der Waals surface area contributed by atoms with Gasteiger partial charge in [0.25, 0.3) is 5.91 Å². The molecule has 1 fully saturated rings. The molecule has 1 aliphatic heterocycles. The monoisotopic (exact) mass is 426 g/mol. The molecular formula is C22H22N2O5S. The summed E-state index contributed by atoms with van der Waals surface area (Å²) in [5.41, 5.74) is 0.424. The van der Waals surface area contributed by atoms with Gasteiger partial charge in [0.15, 0.2) is 11.2 Å². The van der Waals surface area contributed by atoms with Crippen molar-refractivity contribution in [1.29, 1.82) is 0 Å². The summed E-state index contributed by atoms with van der Waals surface area (Å²) < 4.78 is 32.9. The Morgan fingerprint density at radius 3 is 2.57 bits per heavy atom. The van der Waals surface area contributed by atoms with E-state index in [1.165, 1.54) is 28.6 Å². The lowest BCUT2D eigenvalue weighted by Crippen LogP contribution is -2.41. The van der Waals surface area contributed by atoms with Gasteiger partial charge in [-0.25, -0.2) is 8.42 Å². The summed E-state index contributed by atoms with van der Waals surface area (Å²) >= 11 is 0. The van der Waals surface area contributed by atoms with Gasteiger partial charge in [0.2, 0.25) is 10.0 Å². The topological polar surface area (TPSA) is 96.7 Å². The van der Waals surface area contributed by atoms with Crippen molar-refractivity contribution >= 4 is 32.6 Å². The van der Waals surface area contributed by atoms with Crippen LogP contribution in [0.15, 0.2) is 68.7 Å². The molecule has 1 atom stereocenters. The van der Waals surface area contributed by atoms with Crippen molar-refractivity contribution in [2.24, 2.45) is 0 Å². The normalized spacial score (nSPS) is 17.7. The molecule has 0 aliphatic carbocycles. The Bertz CT molecular complexity index is 1250. The van der Waals surface area contributed by atoms with Gasteiger partial charge in [0, 0.05) is 24.3 Å². The molecule has 1 aromatic heterocycles. The van der Waals surface area contributed by atoms with E-state index in [1.807, 2.05) is 6.92 Å². The summed E-state index contributed by atoms with van der Waals surface area (Å²) in [5.74, 6) is -0.698. The second-order valence-corrected chi connectivity index (χ2v) is 9.30. The number of sulfonamides is 1. The van der Waals surface area contributed by atoms with E-state index in [1.54, 1.807) is 24.3 Å². The average molecular weight is 426 g/mol. The van der Waals surface area contributed by atoms with Crippen molar-refractivity contribution in [3.05, 3.63) is 70.6 Å². The summed E-state index contributed by atoms with van der Waals surface area (Å²) in [5, 5.41) is 3.04. The van der Waals surface area contributed by atoms with E-state index >= 15 is 0 Å². The number of rotatable bonds is 4. The molecule has 0 radical (unpaired) electrons. The van der Waals surface area contributed by atoms with Crippen LogP contribution in [0.1, 0.15) is 36.7 Å². The molecule has 1 saturated heterocycles. The van der Waals surface area contributed by atoms with E-state index < -0.39 is 15.9 Å².